The summed E-state index contributed by atoms with van der Waals surface area (Å²) in [5, 5.41) is 3.40. The fourth-order valence-corrected chi connectivity index (χ4v) is 6.14. The molecule has 5 nitrogen and oxygen atoms in total. The van der Waals surface area contributed by atoms with Crippen molar-refractivity contribution in [3.8, 4) is 11.1 Å². The molecule has 0 spiro atoms. The Kier molecular flexibility index (Phi) is 8.35. The van der Waals surface area contributed by atoms with E-state index >= 15 is 0 Å². The number of rotatable bonds is 8. The molecule has 4 aliphatic rings. The van der Waals surface area contributed by atoms with Crippen molar-refractivity contribution in [1.29, 1.82) is 0 Å². The second-order valence-electron chi connectivity index (χ2n) is 11.2. The van der Waals surface area contributed by atoms with Gasteiger partial charge in [-0.15, -0.1) is 0 Å². The first-order valence-corrected chi connectivity index (χ1v) is 14.6. The van der Waals surface area contributed by atoms with E-state index in [0.717, 1.165) is 90.2 Å². The SMILES string of the molecule is C1=C/C(c2ccc3c(c2)CCCc2ccncc2-3)=C\C=C(\OC2CC(COCCN3CCNCC3)C2)CC1. The zero-order valence-electron chi connectivity index (χ0n) is 22.5. The number of benzene rings is 1. The highest BCUT2D eigenvalue weighted by Crippen LogP contribution is 2.35. The molecule has 200 valence electrons. The molecule has 1 aromatic heterocycles. The predicted molar refractivity (Wildman–Crippen MR) is 154 cm³/mol. The largest absolute Gasteiger partial charge is 0.495 e. The first kappa shape index (κ1) is 25.5. The Balaban J connectivity index is 1.03. The lowest BCUT2D eigenvalue weighted by molar-refractivity contribution is -0.0327. The first-order valence-electron chi connectivity index (χ1n) is 14.6. The lowest BCUT2D eigenvalue weighted by Gasteiger charge is -2.36. The molecule has 0 radical (unpaired) electrons. The highest BCUT2D eigenvalue weighted by atomic mass is 16.5. The highest BCUT2D eigenvalue weighted by Gasteiger charge is 2.31. The third-order valence-corrected chi connectivity index (χ3v) is 8.46. The molecule has 0 bridgehead atoms. The summed E-state index contributed by atoms with van der Waals surface area (Å²) in [6.45, 7) is 7.26. The van der Waals surface area contributed by atoms with Crippen LogP contribution in [0, 0.1) is 5.92 Å². The van der Waals surface area contributed by atoms with Gasteiger partial charge in [-0.2, -0.15) is 0 Å². The molecule has 0 atom stereocenters. The number of piperazine rings is 1. The Hall–Kier alpha value is -2.73. The molecule has 5 heteroatoms. The first-order chi connectivity index (χ1) is 18.8. The van der Waals surface area contributed by atoms with Gasteiger partial charge in [-0.25, -0.2) is 0 Å². The predicted octanol–water partition coefficient (Wildman–Crippen LogP) is 5.57. The summed E-state index contributed by atoms with van der Waals surface area (Å²) < 4.78 is 12.4. The Bertz CT molecular complexity index is 1190. The second kappa shape index (κ2) is 12.4. The summed E-state index contributed by atoms with van der Waals surface area (Å²) in [4.78, 5) is 6.89. The monoisotopic (exact) mass is 511 g/mol. The molecule has 6 rings (SSSR count). The van der Waals surface area contributed by atoms with E-state index in [1.54, 1.807) is 0 Å². The number of nitrogens with zero attached hydrogens (tertiary/aromatic N) is 2. The highest BCUT2D eigenvalue weighted by molar-refractivity contribution is 5.79. The number of hydrogen-bond acceptors (Lipinski definition) is 5. The van der Waals surface area contributed by atoms with Gasteiger partial charge in [0.05, 0.1) is 18.5 Å². The quantitative estimate of drug-likeness (QED) is 0.470. The van der Waals surface area contributed by atoms with Crippen LogP contribution < -0.4 is 5.32 Å². The molecule has 1 saturated heterocycles. The van der Waals surface area contributed by atoms with E-state index in [4.69, 9.17) is 9.47 Å². The van der Waals surface area contributed by atoms with Gasteiger partial charge in [-0.3, -0.25) is 9.88 Å². The van der Waals surface area contributed by atoms with Crippen molar-refractivity contribution < 1.29 is 9.47 Å². The van der Waals surface area contributed by atoms with E-state index < -0.39 is 0 Å². The Morgan fingerprint density at radius 1 is 0.974 bits per heavy atom. The Labute approximate surface area is 227 Å². The number of aromatic nitrogens is 1. The summed E-state index contributed by atoms with van der Waals surface area (Å²) in [7, 11) is 0. The summed E-state index contributed by atoms with van der Waals surface area (Å²) in [6.07, 6.45) is 20.9. The van der Waals surface area contributed by atoms with Gasteiger partial charge in [-0.05, 0) is 84.4 Å². The van der Waals surface area contributed by atoms with Crippen LogP contribution in [0.5, 0.6) is 0 Å². The van der Waals surface area contributed by atoms with Crippen LogP contribution >= 0.6 is 0 Å². The maximum Gasteiger partial charge on any atom is 0.0989 e. The number of pyridine rings is 1. The van der Waals surface area contributed by atoms with Crippen LogP contribution in [0.15, 0.2) is 66.7 Å². The zero-order chi connectivity index (χ0) is 25.6. The summed E-state index contributed by atoms with van der Waals surface area (Å²) in [5.74, 6) is 1.76. The maximum atomic E-state index is 6.43. The van der Waals surface area contributed by atoms with Gasteiger partial charge in [0, 0.05) is 63.7 Å². The number of hydrogen-bond donors (Lipinski definition) is 1. The topological polar surface area (TPSA) is 46.6 Å². The molecule has 2 aromatic rings. The van der Waals surface area contributed by atoms with Crippen molar-refractivity contribution in [2.24, 2.45) is 5.92 Å². The average Bonchev–Trinajstić information content (AvgIpc) is 3.10. The van der Waals surface area contributed by atoms with Crippen LogP contribution in [-0.2, 0) is 22.3 Å². The van der Waals surface area contributed by atoms with Gasteiger partial charge in [0.2, 0.25) is 0 Å². The minimum atomic E-state index is 0.337. The van der Waals surface area contributed by atoms with Crippen molar-refractivity contribution in [2.75, 3.05) is 45.9 Å². The van der Waals surface area contributed by atoms with Gasteiger partial charge in [0.15, 0.2) is 0 Å². The minimum Gasteiger partial charge on any atom is -0.495 e. The number of nitrogens with one attached hydrogen (secondary N) is 1. The number of aryl methyl sites for hydroxylation is 2. The van der Waals surface area contributed by atoms with Gasteiger partial charge >= 0.3 is 0 Å². The molecule has 1 N–H and O–H groups in total. The fourth-order valence-electron chi connectivity index (χ4n) is 6.14. The van der Waals surface area contributed by atoms with Crippen LogP contribution in [0.2, 0.25) is 0 Å². The normalized spacial score (nSPS) is 26.3. The fraction of sp³-hybridized carbons (Fsp3) is 0.485. The molecular formula is C33H41N3O2. The van der Waals surface area contributed by atoms with Crippen molar-refractivity contribution in [1.82, 2.24) is 15.2 Å². The van der Waals surface area contributed by atoms with Gasteiger partial charge < -0.3 is 14.8 Å². The zero-order valence-corrected chi connectivity index (χ0v) is 22.5. The molecule has 1 aromatic carbocycles. The molecule has 3 aliphatic carbocycles. The number of fused-ring (bicyclic) bond motifs is 3. The third-order valence-electron chi connectivity index (χ3n) is 8.46. The van der Waals surface area contributed by atoms with Crippen LogP contribution in [-0.4, -0.2) is 61.9 Å². The maximum absolute atomic E-state index is 6.43. The number of allylic oxidation sites excluding steroid dienone is 6. The van der Waals surface area contributed by atoms with E-state index in [2.05, 4.69) is 63.8 Å². The molecule has 2 fully saturated rings. The number of ether oxygens (including phenoxy) is 2. The van der Waals surface area contributed by atoms with E-state index in [9.17, 15) is 0 Å². The lowest BCUT2D eigenvalue weighted by Crippen LogP contribution is -2.44. The van der Waals surface area contributed by atoms with Crippen molar-refractivity contribution in [3.05, 3.63) is 83.4 Å². The van der Waals surface area contributed by atoms with E-state index in [-0.39, 0.29) is 0 Å². The molecule has 0 unspecified atom stereocenters. The summed E-state index contributed by atoms with van der Waals surface area (Å²) in [6, 6.07) is 9.14. The van der Waals surface area contributed by atoms with Crippen molar-refractivity contribution in [2.45, 2.75) is 51.0 Å². The standard InChI is InChI=1S/C33H41N3O2/c1-2-7-30(38-31-20-25(21-31)24-37-19-18-36-16-14-34-15-17-36)10-8-26(4-1)28-9-11-32-29(22-28)6-3-5-27-12-13-35-23-33(27)32/h1,4,8-13,22-23,25,31,34H,2-3,5-7,14-21,24H2/b4-1?,26-8+,30-10+. The minimum absolute atomic E-state index is 0.337. The molecular weight excluding hydrogens is 470 g/mol. The van der Waals surface area contributed by atoms with Crippen LogP contribution in [0.4, 0.5) is 0 Å². The van der Waals surface area contributed by atoms with Crippen LogP contribution in [0.25, 0.3) is 16.7 Å². The Morgan fingerprint density at radius 2 is 1.87 bits per heavy atom. The third kappa shape index (κ3) is 6.28. The van der Waals surface area contributed by atoms with Crippen LogP contribution in [0.1, 0.15) is 48.8 Å². The smallest absolute Gasteiger partial charge is 0.0989 e. The average molecular weight is 512 g/mol. The van der Waals surface area contributed by atoms with Gasteiger partial charge in [-0.1, -0.05) is 36.4 Å². The van der Waals surface area contributed by atoms with Crippen LogP contribution in [0.3, 0.4) is 0 Å². The molecule has 0 amide bonds. The molecule has 2 heterocycles. The van der Waals surface area contributed by atoms with E-state index in [0.29, 0.717) is 12.0 Å². The van der Waals surface area contributed by atoms with E-state index in [1.807, 2.05) is 12.4 Å². The van der Waals surface area contributed by atoms with Gasteiger partial charge in [0.1, 0.15) is 0 Å². The Morgan fingerprint density at radius 3 is 2.79 bits per heavy atom. The van der Waals surface area contributed by atoms with E-state index in [1.165, 1.54) is 39.8 Å². The van der Waals surface area contributed by atoms with Crippen molar-refractivity contribution >= 4 is 5.57 Å². The second-order valence-corrected chi connectivity index (χ2v) is 11.2. The van der Waals surface area contributed by atoms with Gasteiger partial charge in [0.25, 0.3) is 0 Å². The molecule has 1 saturated carbocycles. The summed E-state index contributed by atoms with van der Waals surface area (Å²) >= 11 is 0. The lowest BCUT2D eigenvalue weighted by atomic mass is 9.83. The molecule has 1 aliphatic heterocycles. The summed E-state index contributed by atoms with van der Waals surface area (Å²) in [5.41, 5.74) is 8.04. The molecule has 38 heavy (non-hydrogen) atoms. The van der Waals surface area contributed by atoms with Crippen molar-refractivity contribution in [3.63, 3.8) is 0 Å².